The number of thiazole rings is 1. The molecule has 0 bridgehead atoms. The molecule has 0 amide bonds. The van der Waals surface area contributed by atoms with Gasteiger partial charge in [0.15, 0.2) is 0 Å². The maximum absolute atomic E-state index is 10.9. The Hall–Kier alpha value is -1.79. The van der Waals surface area contributed by atoms with Crippen molar-refractivity contribution in [2.45, 2.75) is 44.7 Å². The van der Waals surface area contributed by atoms with Crippen LogP contribution in [0.2, 0.25) is 0 Å². The minimum atomic E-state index is -1.00. The molecule has 120 valence electrons. The third-order valence-electron chi connectivity index (χ3n) is 4.94. The molecule has 2 N–H and O–H groups in total. The van der Waals surface area contributed by atoms with Gasteiger partial charge in [0.25, 0.3) is 0 Å². The number of rotatable bonds is 3. The summed E-state index contributed by atoms with van der Waals surface area (Å²) in [6.45, 7) is 0.841. The topological polar surface area (TPSA) is 75.1 Å². The summed E-state index contributed by atoms with van der Waals surface area (Å²) >= 11 is 1.72. The Kier molecular flexibility index (Phi) is 3.87. The monoisotopic (exact) mass is 329 g/mol. The fraction of sp³-hybridized carbons (Fsp3) is 0.471. The lowest BCUT2D eigenvalue weighted by atomic mass is 9.78. The van der Waals surface area contributed by atoms with E-state index in [0.717, 1.165) is 35.1 Å². The van der Waals surface area contributed by atoms with Crippen molar-refractivity contribution >= 4 is 17.3 Å². The standard InChI is InChI=1S/C17H19N3O2S/c21-17(22)13-5-4-11(8-18-13)16-20-14-9-19-12(10-2-1-3-10)6-7-15(14)23-16/h4-5,8,10,12,19H,1-3,6-7,9H2,(H,21,22). The first-order chi connectivity index (χ1) is 11.2. The summed E-state index contributed by atoms with van der Waals surface area (Å²) in [6.07, 6.45) is 7.99. The number of carboxylic acids is 1. The SMILES string of the molecule is O=C(O)c1ccc(-c2nc3c(s2)CCC(C2CCC2)NC3)cn1. The Morgan fingerprint density at radius 1 is 1.30 bits per heavy atom. The molecule has 0 spiro atoms. The number of carbonyl (C=O) groups is 1. The van der Waals surface area contributed by atoms with E-state index in [1.165, 1.54) is 36.6 Å². The zero-order chi connectivity index (χ0) is 15.8. The zero-order valence-corrected chi connectivity index (χ0v) is 13.6. The highest BCUT2D eigenvalue weighted by Crippen LogP contribution is 2.35. The quantitative estimate of drug-likeness (QED) is 0.905. The Balaban J connectivity index is 1.52. The first-order valence-corrected chi connectivity index (χ1v) is 8.94. The van der Waals surface area contributed by atoms with E-state index < -0.39 is 5.97 Å². The molecule has 0 radical (unpaired) electrons. The van der Waals surface area contributed by atoms with Crippen molar-refractivity contribution in [3.8, 4) is 10.6 Å². The van der Waals surface area contributed by atoms with Crippen LogP contribution in [-0.2, 0) is 13.0 Å². The summed E-state index contributed by atoms with van der Waals surface area (Å²) in [4.78, 5) is 21.0. The predicted octanol–water partition coefficient (Wildman–Crippen LogP) is 3.11. The average molecular weight is 329 g/mol. The molecule has 6 heteroatoms. The van der Waals surface area contributed by atoms with Crippen molar-refractivity contribution in [2.24, 2.45) is 5.92 Å². The summed E-state index contributed by atoms with van der Waals surface area (Å²) in [6, 6.07) is 3.97. The summed E-state index contributed by atoms with van der Waals surface area (Å²) in [5, 5.41) is 13.5. The van der Waals surface area contributed by atoms with Crippen LogP contribution >= 0.6 is 11.3 Å². The van der Waals surface area contributed by atoms with Crippen LogP contribution in [0.25, 0.3) is 10.6 Å². The fourth-order valence-corrected chi connectivity index (χ4v) is 4.43. The van der Waals surface area contributed by atoms with Crippen LogP contribution in [0.5, 0.6) is 0 Å². The van der Waals surface area contributed by atoms with E-state index >= 15 is 0 Å². The molecular formula is C17H19N3O2S. The molecule has 1 unspecified atom stereocenters. The molecule has 2 aliphatic rings. The highest BCUT2D eigenvalue weighted by Gasteiger charge is 2.29. The summed E-state index contributed by atoms with van der Waals surface area (Å²) in [7, 11) is 0. The van der Waals surface area contributed by atoms with Crippen molar-refractivity contribution in [2.75, 3.05) is 0 Å². The number of aromatic carboxylic acids is 1. The van der Waals surface area contributed by atoms with Crippen LogP contribution in [0.15, 0.2) is 18.3 Å². The summed E-state index contributed by atoms with van der Waals surface area (Å²) < 4.78 is 0. The third-order valence-corrected chi connectivity index (χ3v) is 6.15. The van der Waals surface area contributed by atoms with Crippen molar-refractivity contribution in [1.82, 2.24) is 15.3 Å². The van der Waals surface area contributed by atoms with E-state index in [1.54, 1.807) is 23.6 Å². The number of hydrogen-bond acceptors (Lipinski definition) is 5. The van der Waals surface area contributed by atoms with E-state index in [1.807, 2.05) is 0 Å². The number of nitrogens with zero attached hydrogens (tertiary/aromatic N) is 2. The molecule has 2 aromatic rings. The molecule has 1 aliphatic heterocycles. The van der Waals surface area contributed by atoms with Crippen LogP contribution < -0.4 is 5.32 Å². The fourth-order valence-electron chi connectivity index (χ4n) is 3.35. The van der Waals surface area contributed by atoms with Gasteiger partial charge in [0.1, 0.15) is 10.7 Å². The highest BCUT2D eigenvalue weighted by atomic mass is 32.1. The molecular weight excluding hydrogens is 310 g/mol. The summed E-state index contributed by atoms with van der Waals surface area (Å²) in [5.74, 6) is -0.144. The third kappa shape index (κ3) is 2.88. The van der Waals surface area contributed by atoms with Gasteiger partial charge in [-0.25, -0.2) is 14.8 Å². The number of aromatic nitrogens is 2. The zero-order valence-electron chi connectivity index (χ0n) is 12.8. The van der Waals surface area contributed by atoms with Gasteiger partial charge in [-0.1, -0.05) is 6.42 Å². The Bertz CT molecular complexity index is 696. The van der Waals surface area contributed by atoms with Gasteiger partial charge in [-0.15, -0.1) is 11.3 Å². The van der Waals surface area contributed by atoms with Crippen molar-refractivity contribution < 1.29 is 9.90 Å². The molecule has 23 heavy (non-hydrogen) atoms. The molecule has 5 nitrogen and oxygen atoms in total. The van der Waals surface area contributed by atoms with E-state index in [4.69, 9.17) is 10.1 Å². The molecule has 1 fully saturated rings. The maximum atomic E-state index is 10.9. The second kappa shape index (κ2) is 6.02. The Morgan fingerprint density at radius 3 is 2.83 bits per heavy atom. The van der Waals surface area contributed by atoms with Gasteiger partial charge in [0.05, 0.1) is 5.69 Å². The molecule has 0 saturated heterocycles. The lowest BCUT2D eigenvalue weighted by Gasteiger charge is -2.33. The largest absolute Gasteiger partial charge is 0.477 e. The molecule has 1 saturated carbocycles. The molecule has 3 heterocycles. The molecule has 1 atom stereocenters. The minimum Gasteiger partial charge on any atom is -0.477 e. The molecule has 2 aromatic heterocycles. The van der Waals surface area contributed by atoms with Gasteiger partial charge in [0, 0.05) is 29.2 Å². The van der Waals surface area contributed by atoms with Crippen LogP contribution in [0, 0.1) is 5.92 Å². The molecule has 1 aliphatic carbocycles. The molecule has 4 rings (SSSR count). The normalized spacial score (nSPS) is 21.3. The van der Waals surface area contributed by atoms with E-state index in [0.29, 0.717) is 6.04 Å². The van der Waals surface area contributed by atoms with E-state index in [2.05, 4.69) is 10.3 Å². The van der Waals surface area contributed by atoms with Crippen molar-refractivity contribution in [3.63, 3.8) is 0 Å². The van der Waals surface area contributed by atoms with Crippen molar-refractivity contribution in [3.05, 3.63) is 34.6 Å². The van der Waals surface area contributed by atoms with Crippen LogP contribution in [0.1, 0.15) is 46.7 Å². The molecule has 0 aromatic carbocycles. The Morgan fingerprint density at radius 2 is 2.17 bits per heavy atom. The number of fused-ring (bicyclic) bond motifs is 1. The van der Waals surface area contributed by atoms with Gasteiger partial charge in [0.2, 0.25) is 0 Å². The lowest BCUT2D eigenvalue weighted by Crippen LogP contribution is -2.38. The number of hydrogen-bond donors (Lipinski definition) is 2. The van der Waals surface area contributed by atoms with Gasteiger partial charge in [-0.3, -0.25) is 0 Å². The number of carboxylic acid groups (broad SMARTS) is 1. The first kappa shape index (κ1) is 14.8. The van der Waals surface area contributed by atoms with Gasteiger partial charge < -0.3 is 10.4 Å². The Labute approximate surface area is 138 Å². The van der Waals surface area contributed by atoms with Gasteiger partial charge in [-0.05, 0) is 43.7 Å². The van der Waals surface area contributed by atoms with Crippen LogP contribution in [0.3, 0.4) is 0 Å². The smallest absolute Gasteiger partial charge is 0.354 e. The average Bonchev–Trinajstić information content (AvgIpc) is 2.82. The number of pyridine rings is 1. The first-order valence-electron chi connectivity index (χ1n) is 8.12. The second-order valence-corrected chi connectivity index (χ2v) is 7.43. The van der Waals surface area contributed by atoms with Crippen LogP contribution in [-0.4, -0.2) is 27.1 Å². The van der Waals surface area contributed by atoms with Gasteiger partial charge >= 0.3 is 5.97 Å². The van der Waals surface area contributed by atoms with E-state index in [-0.39, 0.29) is 5.69 Å². The van der Waals surface area contributed by atoms with E-state index in [9.17, 15) is 4.79 Å². The predicted molar refractivity (Wildman–Crippen MR) is 88.6 cm³/mol. The highest BCUT2D eigenvalue weighted by molar-refractivity contribution is 7.15. The number of aryl methyl sites for hydroxylation is 1. The lowest BCUT2D eigenvalue weighted by molar-refractivity contribution is 0.0690. The van der Waals surface area contributed by atoms with Crippen LogP contribution in [0.4, 0.5) is 0 Å². The summed E-state index contributed by atoms with van der Waals surface area (Å²) in [5.41, 5.74) is 2.11. The van der Waals surface area contributed by atoms with Gasteiger partial charge in [-0.2, -0.15) is 0 Å². The number of nitrogens with one attached hydrogen (secondary N) is 1. The minimum absolute atomic E-state index is 0.0666. The second-order valence-electron chi connectivity index (χ2n) is 6.34. The maximum Gasteiger partial charge on any atom is 0.354 e. The van der Waals surface area contributed by atoms with Crippen molar-refractivity contribution in [1.29, 1.82) is 0 Å².